The van der Waals surface area contributed by atoms with E-state index in [4.69, 9.17) is 5.11 Å². The van der Waals surface area contributed by atoms with Gasteiger partial charge < -0.3 is 14.9 Å². The lowest BCUT2D eigenvalue weighted by molar-refractivity contribution is 0.153. The van der Waals surface area contributed by atoms with Crippen LogP contribution in [0.15, 0.2) is 6.07 Å². The highest BCUT2D eigenvalue weighted by Crippen LogP contribution is 2.32. The van der Waals surface area contributed by atoms with Crippen LogP contribution in [0.25, 0.3) is 0 Å². The third-order valence-electron chi connectivity index (χ3n) is 4.01. The number of anilines is 1. The van der Waals surface area contributed by atoms with Gasteiger partial charge in [0, 0.05) is 49.4 Å². The van der Waals surface area contributed by atoms with E-state index in [1.807, 2.05) is 19.9 Å². The topological polar surface area (TPSA) is 69.6 Å². The van der Waals surface area contributed by atoms with Crippen LogP contribution in [0.3, 0.4) is 0 Å². The molecule has 2 atom stereocenters. The predicted octanol–water partition coefficient (Wildman–Crippen LogP) is 1.14. The Morgan fingerprint density at radius 3 is 2.16 bits per heavy atom. The molecule has 0 aromatic carbocycles. The summed E-state index contributed by atoms with van der Waals surface area (Å²) in [6.07, 6.45) is -0.802. The van der Waals surface area contributed by atoms with Crippen molar-refractivity contribution in [3.63, 3.8) is 0 Å². The average molecular weight is 262 g/mol. The van der Waals surface area contributed by atoms with Crippen molar-refractivity contribution < 1.29 is 9.90 Å². The molecule has 19 heavy (non-hydrogen) atoms. The van der Waals surface area contributed by atoms with E-state index >= 15 is 0 Å². The van der Waals surface area contributed by atoms with Crippen LogP contribution in [0.4, 0.5) is 10.7 Å². The normalized spacial score (nSPS) is 25.8. The van der Waals surface area contributed by atoms with E-state index in [1.54, 1.807) is 0 Å². The Kier molecular flexibility index (Phi) is 2.80. The fraction of sp³-hybridized carbons (Fsp3) is 0.615. The molecule has 1 aromatic rings. The van der Waals surface area contributed by atoms with E-state index < -0.39 is 6.09 Å². The van der Waals surface area contributed by atoms with Crippen LogP contribution >= 0.6 is 0 Å². The van der Waals surface area contributed by atoms with Gasteiger partial charge in [-0.1, -0.05) is 0 Å². The molecule has 2 fully saturated rings. The maximum atomic E-state index is 11.0. The number of aromatic nitrogens is 2. The highest BCUT2D eigenvalue weighted by atomic mass is 16.4. The van der Waals surface area contributed by atoms with Crippen molar-refractivity contribution in [2.24, 2.45) is 11.8 Å². The number of hydrogen-bond donors (Lipinski definition) is 1. The van der Waals surface area contributed by atoms with Crippen molar-refractivity contribution in [1.82, 2.24) is 14.9 Å². The zero-order chi connectivity index (χ0) is 13.6. The molecule has 3 heterocycles. The molecular weight excluding hydrogens is 244 g/mol. The molecule has 2 aliphatic heterocycles. The summed E-state index contributed by atoms with van der Waals surface area (Å²) in [5.41, 5.74) is 1.96. The minimum absolute atomic E-state index is 0.417. The van der Waals surface area contributed by atoms with Gasteiger partial charge in [-0.3, -0.25) is 0 Å². The maximum Gasteiger partial charge on any atom is 0.407 e. The lowest BCUT2D eigenvalue weighted by Crippen LogP contribution is -2.32. The van der Waals surface area contributed by atoms with Gasteiger partial charge in [-0.05, 0) is 19.9 Å². The molecule has 6 heteroatoms. The van der Waals surface area contributed by atoms with Crippen LogP contribution in [-0.4, -0.2) is 52.2 Å². The van der Waals surface area contributed by atoms with Crippen molar-refractivity contribution in [2.75, 3.05) is 31.1 Å². The number of carboxylic acid groups (broad SMARTS) is 1. The van der Waals surface area contributed by atoms with Crippen LogP contribution in [0.1, 0.15) is 11.4 Å². The van der Waals surface area contributed by atoms with E-state index in [9.17, 15) is 4.79 Å². The first-order valence-corrected chi connectivity index (χ1v) is 6.58. The molecule has 0 radical (unpaired) electrons. The molecule has 0 spiro atoms. The summed E-state index contributed by atoms with van der Waals surface area (Å²) in [6.45, 7) is 6.94. The molecule has 0 bridgehead atoms. The summed E-state index contributed by atoms with van der Waals surface area (Å²) in [6, 6.07) is 1.96. The molecule has 0 unspecified atom stereocenters. The van der Waals surface area contributed by atoms with E-state index in [2.05, 4.69) is 14.9 Å². The second-order valence-corrected chi connectivity index (χ2v) is 5.56. The molecule has 0 saturated carbocycles. The monoisotopic (exact) mass is 262 g/mol. The van der Waals surface area contributed by atoms with E-state index in [1.165, 1.54) is 4.90 Å². The molecule has 2 saturated heterocycles. The third-order valence-corrected chi connectivity index (χ3v) is 4.01. The number of hydrogen-bond acceptors (Lipinski definition) is 4. The number of carbonyl (C=O) groups is 1. The highest BCUT2D eigenvalue weighted by Gasteiger charge is 2.42. The van der Waals surface area contributed by atoms with Gasteiger partial charge in [0.2, 0.25) is 5.95 Å². The summed E-state index contributed by atoms with van der Waals surface area (Å²) in [5, 5.41) is 9.01. The summed E-state index contributed by atoms with van der Waals surface area (Å²) >= 11 is 0. The molecule has 102 valence electrons. The maximum absolute atomic E-state index is 11.0. The van der Waals surface area contributed by atoms with E-state index in [0.717, 1.165) is 30.4 Å². The molecule has 3 rings (SSSR count). The van der Waals surface area contributed by atoms with Crippen molar-refractivity contribution >= 4 is 12.0 Å². The first-order valence-electron chi connectivity index (χ1n) is 6.58. The van der Waals surface area contributed by atoms with Gasteiger partial charge in [0.05, 0.1) is 0 Å². The van der Waals surface area contributed by atoms with E-state index in [0.29, 0.717) is 24.9 Å². The van der Waals surface area contributed by atoms with Crippen LogP contribution < -0.4 is 4.90 Å². The van der Waals surface area contributed by atoms with Gasteiger partial charge in [-0.25, -0.2) is 14.8 Å². The van der Waals surface area contributed by atoms with Crippen LogP contribution in [0.5, 0.6) is 0 Å². The van der Waals surface area contributed by atoms with Gasteiger partial charge in [-0.2, -0.15) is 0 Å². The molecule has 1 N–H and O–H groups in total. The summed E-state index contributed by atoms with van der Waals surface area (Å²) in [7, 11) is 0. The zero-order valence-electron chi connectivity index (χ0n) is 11.2. The molecule has 0 aliphatic carbocycles. The Bertz CT molecular complexity index is 485. The van der Waals surface area contributed by atoms with Crippen molar-refractivity contribution in [3.8, 4) is 0 Å². The van der Waals surface area contributed by atoms with Crippen LogP contribution in [0.2, 0.25) is 0 Å². The molecule has 1 amide bonds. The number of fused-ring (bicyclic) bond motifs is 1. The van der Waals surface area contributed by atoms with Crippen LogP contribution in [0, 0.1) is 25.7 Å². The van der Waals surface area contributed by atoms with Crippen molar-refractivity contribution in [2.45, 2.75) is 13.8 Å². The summed E-state index contributed by atoms with van der Waals surface area (Å²) < 4.78 is 0. The quantitative estimate of drug-likeness (QED) is 0.822. The molecule has 6 nitrogen and oxygen atoms in total. The Morgan fingerprint density at radius 2 is 1.68 bits per heavy atom. The second kappa shape index (κ2) is 4.36. The Morgan fingerprint density at radius 1 is 1.16 bits per heavy atom. The fourth-order valence-corrected chi connectivity index (χ4v) is 3.16. The predicted molar refractivity (Wildman–Crippen MR) is 70.3 cm³/mol. The van der Waals surface area contributed by atoms with Gasteiger partial charge in [0.15, 0.2) is 0 Å². The van der Waals surface area contributed by atoms with Gasteiger partial charge in [-0.15, -0.1) is 0 Å². The standard InChI is InChI=1S/C13H18N4O2/c1-8-3-9(2)15-12(14-8)16-4-10-6-17(13(18)19)7-11(10)5-16/h3,10-11H,4-7H2,1-2H3,(H,18,19)/t10-,11+. The molecule has 1 aromatic heterocycles. The lowest BCUT2D eigenvalue weighted by Gasteiger charge is -2.20. The minimum atomic E-state index is -0.802. The Hall–Kier alpha value is -1.85. The smallest absolute Gasteiger partial charge is 0.407 e. The first-order chi connectivity index (χ1) is 9.02. The molecular formula is C13H18N4O2. The number of amides is 1. The van der Waals surface area contributed by atoms with Crippen LogP contribution in [-0.2, 0) is 0 Å². The van der Waals surface area contributed by atoms with Gasteiger partial charge in [0.25, 0.3) is 0 Å². The Balaban J connectivity index is 1.73. The number of nitrogens with zero attached hydrogens (tertiary/aromatic N) is 4. The largest absolute Gasteiger partial charge is 0.465 e. The highest BCUT2D eigenvalue weighted by molar-refractivity contribution is 5.65. The molecule has 2 aliphatic rings. The average Bonchev–Trinajstić information content (AvgIpc) is 2.84. The third kappa shape index (κ3) is 2.22. The summed E-state index contributed by atoms with van der Waals surface area (Å²) in [4.78, 5) is 23.6. The number of aryl methyl sites for hydroxylation is 2. The number of likely N-dealkylation sites (tertiary alicyclic amines) is 1. The lowest BCUT2D eigenvalue weighted by atomic mass is 10.0. The Labute approximate surface area is 112 Å². The fourth-order valence-electron chi connectivity index (χ4n) is 3.16. The van der Waals surface area contributed by atoms with Gasteiger partial charge >= 0.3 is 6.09 Å². The SMILES string of the molecule is Cc1cc(C)nc(N2C[C@H]3CN(C(=O)O)C[C@H]3C2)n1. The van der Waals surface area contributed by atoms with E-state index in [-0.39, 0.29) is 0 Å². The van der Waals surface area contributed by atoms with Crippen molar-refractivity contribution in [1.29, 1.82) is 0 Å². The zero-order valence-corrected chi connectivity index (χ0v) is 11.2. The van der Waals surface area contributed by atoms with Gasteiger partial charge in [0.1, 0.15) is 0 Å². The first kappa shape index (κ1) is 12.2. The minimum Gasteiger partial charge on any atom is -0.465 e. The summed E-state index contributed by atoms with van der Waals surface area (Å²) in [5.74, 6) is 1.62. The van der Waals surface area contributed by atoms with Crippen molar-refractivity contribution in [3.05, 3.63) is 17.5 Å². The number of rotatable bonds is 1. The second-order valence-electron chi connectivity index (χ2n) is 5.56.